The van der Waals surface area contributed by atoms with Gasteiger partial charge in [0, 0.05) is 37.9 Å². The molecule has 1 aliphatic carbocycles. The van der Waals surface area contributed by atoms with E-state index in [1.165, 1.54) is 20.0 Å². The minimum absolute atomic E-state index is 0.139. The van der Waals surface area contributed by atoms with E-state index in [1.807, 2.05) is 12.3 Å². The summed E-state index contributed by atoms with van der Waals surface area (Å²) in [7, 11) is 1.39. The van der Waals surface area contributed by atoms with Crippen molar-refractivity contribution in [3.63, 3.8) is 0 Å². The van der Waals surface area contributed by atoms with Crippen LogP contribution in [0.2, 0.25) is 0 Å². The predicted octanol–water partition coefficient (Wildman–Crippen LogP) is 1.66. The lowest BCUT2D eigenvalue weighted by molar-refractivity contribution is 0.00714. The lowest BCUT2D eigenvalue weighted by atomic mass is 9.89. The zero-order valence-corrected chi connectivity index (χ0v) is 14.5. The molecule has 2 aliphatic rings. The van der Waals surface area contributed by atoms with E-state index in [9.17, 15) is 9.90 Å². The zero-order chi connectivity index (χ0) is 16.9. The summed E-state index contributed by atoms with van der Waals surface area (Å²) >= 11 is 0. The number of aromatic nitrogens is 1. The van der Waals surface area contributed by atoms with Gasteiger partial charge in [-0.25, -0.2) is 4.79 Å². The van der Waals surface area contributed by atoms with Crippen LogP contribution in [-0.2, 0) is 11.3 Å². The third kappa shape index (κ3) is 4.18. The molecule has 2 atom stereocenters. The smallest absolute Gasteiger partial charge is 0.354 e. The Balaban J connectivity index is 1.42. The molecule has 1 aromatic heterocycles. The summed E-state index contributed by atoms with van der Waals surface area (Å²) in [4.78, 5) is 16.9. The fourth-order valence-corrected chi connectivity index (χ4v) is 3.98. The van der Waals surface area contributed by atoms with Gasteiger partial charge in [-0.1, -0.05) is 12.8 Å². The predicted molar refractivity (Wildman–Crippen MR) is 91.8 cm³/mol. The van der Waals surface area contributed by atoms with Gasteiger partial charge in [-0.05, 0) is 37.3 Å². The van der Waals surface area contributed by atoms with Crippen molar-refractivity contribution in [2.45, 2.75) is 63.3 Å². The maximum absolute atomic E-state index is 11.4. The van der Waals surface area contributed by atoms with Crippen molar-refractivity contribution >= 4 is 5.97 Å². The number of likely N-dealkylation sites (tertiary alicyclic amines) is 1. The Morgan fingerprint density at radius 3 is 2.79 bits per heavy atom. The number of nitrogens with one attached hydrogen (secondary N) is 2. The van der Waals surface area contributed by atoms with Crippen LogP contribution in [0.5, 0.6) is 0 Å². The minimum Gasteiger partial charge on any atom is -0.464 e. The molecule has 0 aromatic carbocycles. The van der Waals surface area contributed by atoms with Crippen LogP contribution in [0.3, 0.4) is 0 Å². The monoisotopic (exact) mass is 335 g/mol. The highest BCUT2D eigenvalue weighted by Gasteiger charge is 2.31. The van der Waals surface area contributed by atoms with Crippen LogP contribution in [-0.4, -0.2) is 59.3 Å². The van der Waals surface area contributed by atoms with E-state index in [-0.39, 0.29) is 12.1 Å². The first-order valence-corrected chi connectivity index (χ1v) is 9.08. The number of aliphatic hydroxyl groups excluding tert-OH is 1. The minimum atomic E-state index is -0.333. The number of methoxy groups -OCH3 is 1. The highest BCUT2D eigenvalue weighted by Crippen LogP contribution is 2.26. The van der Waals surface area contributed by atoms with Crippen LogP contribution in [0.1, 0.15) is 54.6 Å². The van der Waals surface area contributed by atoms with Gasteiger partial charge in [0.25, 0.3) is 0 Å². The Morgan fingerprint density at radius 1 is 1.33 bits per heavy atom. The fourth-order valence-electron chi connectivity index (χ4n) is 3.98. The summed E-state index contributed by atoms with van der Waals surface area (Å²) in [6.45, 7) is 2.87. The second-order valence-electron chi connectivity index (χ2n) is 7.02. The van der Waals surface area contributed by atoms with Gasteiger partial charge in [0.1, 0.15) is 5.69 Å². The van der Waals surface area contributed by atoms with Crippen LogP contribution in [0.25, 0.3) is 0 Å². The molecule has 2 heterocycles. The van der Waals surface area contributed by atoms with Crippen LogP contribution in [0, 0.1) is 0 Å². The number of H-pyrrole nitrogens is 1. The van der Waals surface area contributed by atoms with Gasteiger partial charge in [0.2, 0.25) is 0 Å². The number of hydrogen-bond donors (Lipinski definition) is 3. The Bertz CT molecular complexity index is 537. The lowest BCUT2D eigenvalue weighted by Crippen LogP contribution is -2.51. The van der Waals surface area contributed by atoms with E-state index in [0.29, 0.717) is 17.8 Å². The first kappa shape index (κ1) is 17.5. The maximum Gasteiger partial charge on any atom is 0.354 e. The summed E-state index contributed by atoms with van der Waals surface area (Å²) in [5, 5.41) is 13.8. The van der Waals surface area contributed by atoms with Crippen molar-refractivity contribution in [2.75, 3.05) is 20.2 Å². The van der Waals surface area contributed by atoms with Crippen molar-refractivity contribution in [1.82, 2.24) is 15.2 Å². The third-order valence-electron chi connectivity index (χ3n) is 5.44. The molecule has 6 heteroatoms. The molecule has 3 N–H and O–H groups in total. The second-order valence-corrected chi connectivity index (χ2v) is 7.02. The van der Waals surface area contributed by atoms with Gasteiger partial charge in [-0.3, -0.25) is 4.90 Å². The van der Waals surface area contributed by atoms with E-state index in [2.05, 4.69) is 15.2 Å². The van der Waals surface area contributed by atoms with E-state index in [4.69, 9.17) is 4.74 Å². The molecule has 0 spiro atoms. The molecule has 3 rings (SSSR count). The quantitative estimate of drug-likeness (QED) is 0.714. The molecule has 0 radical (unpaired) electrons. The Kier molecular flexibility index (Phi) is 5.92. The Labute approximate surface area is 143 Å². The number of hydrogen-bond acceptors (Lipinski definition) is 5. The lowest BCUT2D eigenvalue weighted by Gasteiger charge is -2.41. The third-order valence-corrected chi connectivity index (χ3v) is 5.44. The van der Waals surface area contributed by atoms with Crippen molar-refractivity contribution < 1.29 is 14.6 Å². The summed E-state index contributed by atoms with van der Waals surface area (Å²) in [6.07, 6.45) is 8.44. The number of ether oxygens (including phenoxy) is 1. The van der Waals surface area contributed by atoms with Crippen LogP contribution < -0.4 is 5.32 Å². The first-order chi connectivity index (χ1) is 11.7. The summed E-state index contributed by atoms with van der Waals surface area (Å²) in [5.74, 6) is -0.333. The topological polar surface area (TPSA) is 77.6 Å². The number of esters is 1. The van der Waals surface area contributed by atoms with Gasteiger partial charge in [-0.2, -0.15) is 0 Å². The molecule has 1 saturated carbocycles. The molecule has 0 bridgehead atoms. The van der Waals surface area contributed by atoms with Crippen LogP contribution in [0.15, 0.2) is 12.3 Å². The highest BCUT2D eigenvalue weighted by molar-refractivity contribution is 5.87. The Morgan fingerprint density at radius 2 is 2.08 bits per heavy atom. The summed E-state index contributed by atoms with van der Waals surface area (Å²) in [5.41, 5.74) is 1.57. The molecular weight excluding hydrogens is 306 g/mol. The van der Waals surface area contributed by atoms with Crippen LogP contribution in [0.4, 0.5) is 0 Å². The average Bonchev–Trinajstić information content (AvgIpc) is 3.09. The number of nitrogens with zero attached hydrogens (tertiary/aromatic N) is 1. The van der Waals surface area contributed by atoms with E-state index < -0.39 is 0 Å². The number of rotatable bonds is 5. The number of aromatic amines is 1. The molecule has 2 fully saturated rings. The molecular formula is C18H29N3O3. The molecule has 1 aromatic rings. The normalized spacial score (nSPS) is 26.4. The zero-order valence-electron chi connectivity index (χ0n) is 14.5. The fraction of sp³-hybridized carbons (Fsp3) is 0.722. The summed E-state index contributed by atoms with van der Waals surface area (Å²) < 4.78 is 4.71. The molecule has 1 aliphatic heterocycles. The van der Waals surface area contributed by atoms with Crippen molar-refractivity contribution in [1.29, 1.82) is 0 Å². The van der Waals surface area contributed by atoms with E-state index >= 15 is 0 Å². The van der Waals surface area contributed by atoms with Gasteiger partial charge >= 0.3 is 5.97 Å². The molecule has 6 nitrogen and oxygen atoms in total. The number of carbonyl (C=O) groups is 1. The van der Waals surface area contributed by atoms with Gasteiger partial charge in [0.05, 0.1) is 13.2 Å². The molecule has 24 heavy (non-hydrogen) atoms. The molecule has 0 amide bonds. The van der Waals surface area contributed by atoms with Crippen LogP contribution >= 0.6 is 0 Å². The average molecular weight is 335 g/mol. The number of aliphatic hydroxyl groups is 1. The first-order valence-electron chi connectivity index (χ1n) is 9.08. The molecule has 1 saturated heterocycles. The highest BCUT2D eigenvalue weighted by atomic mass is 16.5. The molecule has 2 unspecified atom stereocenters. The molecule has 134 valence electrons. The number of piperidine rings is 1. The van der Waals surface area contributed by atoms with Crippen molar-refractivity contribution in [3.05, 3.63) is 23.5 Å². The maximum atomic E-state index is 11.4. The Hall–Kier alpha value is -1.37. The van der Waals surface area contributed by atoms with Crippen molar-refractivity contribution in [2.24, 2.45) is 0 Å². The standard InChI is InChI=1S/C18H29N3O3/c1-24-18(23)15-10-13(12-20-15)11-19-14-6-8-21(9-7-14)16-4-2-3-5-17(16)22/h10,12,14,16-17,19-20,22H,2-9,11H2,1H3. The van der Waals surface area contributed by atoms with Gasteiger partial charge in [-0.15, -0.1) is 0 Å². The largest absolute Gasteiger partial charge is 0.464 e. The number of carbonyl (C=O) groups excluding carboxylic acids is 1. The van der Waals surface area contributed by atoms with Crippen molar-refractivity contribution in [3.8, 4) is 0 Å². The van der Waals surface area contributed by atoms with Gasteiger partial charge in [0.15, 0.2) is 0 Å². The van der Waals surface area contributed by atoms with E-state index in [0.717, 1.165) is 50.9 Å². The SMILES string of the molecule is COC(=O)c1cc(CNC2CCN(C3CCCCC3O)CC2)c[nH]1. The van der Waals surface area contributed by atoms with E-state index in [1.54, 1.807) is 0 Å². The summed E-state index contributed by atoms with van der Waals surface area (Å²) in [6, 6.07) is 2.71. The second kappa shape index (κ2) is 8.14. The van der Waals surface area contributed by atoms with Gasteiger partial charge < -0.3 is 20.1 Å².